The summed E-state index contributed by atoms with van der Waals surface area (Å²) in [6.45, 7) is -0.0689. The van der Waals surface area contributed by atoms with Crippen LogP contribution in [-0.2, 0) is 0 Å². The van der Waals surface area contributed by atoms with E-state index in [1.54, 1.807) is 0 Å². The van der Waals surface area contributed by atoms with Crippen LogP contribution in [0.25, 0.3) is 159 Å². The highest BCUT2D eigenvalue weighted by molar-refractivity contribution is 7.00. The predicted molar refractivity (Wildman–Crippen MR) is 322 cm³/mol. The molecule has 0 N–H and O–H groups in total. The predicted octanol–water partition coefficient (Wildman–Crippen LogP) is 16.6. The maximum atomic E-state index is 2.69. The fourth-order valence-corrected chi connectivity index (χ4v) is 14.9. The lowest BCUT2D eigenvalue weighted by molar-refractivity contribution is 1.10. The Morgan fingerprint density at radius 2 is 0.789 bits per heavy atom. The molecule has 0 atom stereocenters. The second-order valence-electron chi connectivity index (χ2n) is 21.5. The monoisotopic (exact) mass is 957 g/mol. The molecule has 0 fully saturated rings. The van der Waals surface area contributed by atoms with Crippen molar-refractivity contribution >= 4 is 121 Å². The van der Waals surface area contributed by atoms with Crippen molar-refractivity contribution in [3.8, 4) is 61.6 Å². The van der Waals surface area contributed by atoms with Crippen LogP contribution in [0.3, 0.4) is 0 Å². The largest absolute Gasteiger partial charge is 0.310 e. The van der Waals surface area contributed by atoms with Crippen LogP contribution in [0.4, 0.5) is 0 Å². The minimum atomic E-state index is -0.0689. The number of fused-ring (bicyclic) bond motifs is 18. The van der Waals surface area contributed by atoms with Crippen LogP contribution in [0, 0.1) is 0 Å². The average Bonchev–Trinajstić information content (AvgIpc) is 4.20. The van der Waals surface area contributed by atoms with Crippen molar-refractivity contribution in [2.45, 2.75) is 0 Å². The molecular weight excluding hydrogens is 918 g/mol. The van der Waals surface area contributed by atoms with E-state index < -0.39 is 0 Å². The number of rotatable bonds is 3. The van der Waals surface area contributed by atoms with Crippen molar-refractivity contribution in [2.24, 2.45) is 0 Å². The molecule has 0 unspecified atom stereocenters. The van der Waals surface area contributed by atoms with Crippen LogP contribution < -0.4 is 16.4 Å². The molecule has 346 valence electrons. The van der Waals surface area contributed by atoms with Crippen molar-refractivity contribution < 1.29 is 0 Å². The van der Waals surface area contributed by atoms with E-state index in [1.165, 1.54) is 170 Å². The van der Waals surface area contributed by atoms with Crippen molar-refractivity contribution in [1.29, 1.82) is 0 Å². The van der Waals surface area contributed by atoms with E-state index in [9.17, 15) is 0 Å². The molecule has 76 heavy (non-hydrogen) atoms. The van der Waals surface area contributed by atoms with Crippen molar-refractivity contribution in [3.05, 3.63) is 243 Å². The SMILES string of the molecule is c1ccc(-c2ccc3c(c2)c2cc(-c4ccccc4)cc4c2n3-c2cc(-n3c5ccc6ccccc6c5c5c6ccccc6ccc53)cc3c2B4c2cc4cccc5c4c4c6c(cccc6n-3c24)-c2ccccc2-5)cc1. The molecule has 4 heteroatoms. The van der Waals surface area contributed by atoms with Gasteiger partial charge in [0, 0.05) is 49.2 Å². The maximum absolute atomic E-state index is 2.69. The minimum absolute atomic E-state index is 0.0689. The van der Waals surface area contributed by atoms with Gasteiger partial charge in [-0.2, -0.15) is 0 Å². The van der Waals surface area contributed by atoms with Gasteiger partial charge in [0.15, 0.2) is 0 Å². The summed E-state index contributed by atoms with van der Waals surface area (Å²) in [6, 6.07) is 92.2. The quantitative estimate of drug-likeness (QED) is 0.157. The fourth-order valence-electron chi connectivity index (χ4n) is 14.9. The van der Waals surface area contributed by atoms with Gasteiger partial charge in [0.05, 0.1) is 33.3 Å². The van der Waals surface area contributed by atoms with Crippen LogP contribution in [0.1, 0.15) is 0 Å². The Labute approximate surface area is 436 Å². The summed E-state index contributed by atoms with van der Waals surface area (Å²) in [5.41, 5.74) is 25.2. The Balaban J connectivity index is 1.04. The highest BCUT2D eigenvalue weighted by atomic mass is 15.1. The molecule has 1 aliphatic carbocycles. The minimum Gasteiger partial charge on any atom is -0.310 e. The van der Waals surface area contributed by atoms with E-state index in [-0.39, 0.29) is 6.71 Å². The fraction of sp³-hybridized carbons (Fsp3) is 0. The molecule has 0 saturated heterocycles. The van der Waals surface area contributed by atoms with Crippen molar-refractivity contribution in [1.82, 2.24) is 13.7 Å². The summed E-state index contributed by atoms with van der Waals surface area (Å²) in [5.74, 6) is 0. The Morgan fingerprint density at radius 1 is 0.263 bits per heavy atom. The normalized spacial score (nSPS) is 13.0. The van der Waals surface area contributed by atoms with Gasteiger partial charge in [0.1, 0.15) is 0 Å². The third kappa shape index (κ3) is 4.82. The Kier molecular flexibility index (Phi) is 7.31. The summed E-state index contributed by atoms with van der Waals surface area (Å²) in [5, 5.41) is 15.5. The molecule has 5 heterocycles. The molecule has 3 aliphatic rings. The molecule has 0 bridgehead atoms. The molecule has 3 nitrogen and oxygen atoms in total. The first kappa shape index (κ1) is 39.6. The summed E-state index contributed by atoms with van der Waals surface area (Å²) in [6.07, 6.45) is 0. The van der Waals surface area contributed by atoms with Crippen LogP contribution in [0.5, 0.6) is 0 Å². The average molecular weight is 958 g/mol. The van der Waals surface area contributed by atoms with Gasteiger partial charge in [0.25, 0.3) is 6.71 Å². The summed E-state index contributed by atoms with van der Waals surface area (Å²) >= 11 is 0. The molecule has 13 aromatic carbocycles. The van der Waals surface area contributed by atoms with Gasteiger partial charge < -0.3 is 13.7 Å². The third-order valence-corrected chi connectivity index (χ3v) is 17.9. The zero-order valence-corrected chi connectivity index (χ0v) is 41.0. The van der Waals surface area contributed by atoms with Gasteiger partial charge in [-0.1, -0.05) is 194 Å². The van der Waals surface area contributed by atoms with Crippen LogP contribution >= 0.6 is 0 Å². The van der Waals surface area contributed by atoms with Gasteiger partial charge in [-0.3, -0.25) is 0 Å². The number of nitrogens with zero attached hydrogens (tertiary/aromatic N) is 3. The molecule has 16 aromatic rings. The van der Waals surface area contributed by atoms with Gasteiger partial charge in [-0.05, 0) is 142 Å². The van der Waals surface area contributed by atoms with Gasteiger partial charge in [-0.25, -0.2) is 0 Å². The first-order valence-electron chi connectivity index (χ1n) is 26.6. The lowest BCUT2D eigenvalue weighted by Gasteiger charge is -2.35. The van der Waals surface area contributed by atoms with Crippen LogP contribution in [0.2, 0.25) is 0 Å². The number of aromatic nitrogens is 3. The third-order valence-electron chi connectivity index (χ3n) is 17.9. The highest BCUT2D eigenvalue weighted by Crippen LogP contribution is 2.51. The molecule has 0 saturated carbocycles. The number of hydrogen-bond donors (Lipinski definition) is 0. The highest BCUT2D eigenvalue weighted by Gasteiger charge is 2.43. The lowest BCUT2D eigenvalue weighted by Crippen LogP contribution is -2.59. The first-order chi connectivity index (χ1) is 37.7. The van der Waals surface area contributed by atoms with E-state index in [0.717, 1.165) is 5.69 Å². The summed E-state index contributed by atoms with van der Waals surface area (Å²) in [4.78, 5) is 0. The van der Waals surface area contributed by atoms with E-state index in [4.69, 9.17) is 0 Å². The van der Waals surface area contributed by atoms with E-state index in [1.807, 2.05) is 0 Å². The molecule has 0 spiro atoms. The lowest BCUT2D eigenvalue weighted by atomic mass is 9.34. The van der Waals surface area contributed by atoms with E-state index in [0.29, 0.717) is 0 Å². The molecule has 0 radical (unpaired) electrons. The Hall–Kier alpha value is -9.90. The zero-order chi connectivity index (χ0) is 49.1. The summed E-state index contributed by atoms with van der Waals surface area (Å²) in [7, 11) is 0. The second kappa shape index (κ2) is 14.0. The molecule has 0 amide bonds. The number of benzene rings is 13. The van der Waals surface area contributed by atoms with Crippen molar-refractivity contribution in [2.75, 3.05) is 0 Å². The molecule has 19 rings (SSSR count). The zero-order valence-electron chi connectivity index (χ0n) is 41.0. The van der Waals surface area contributed by atoms with E-state index in [2.05, 4.69) is 256 Å². The standard InChI is InChI=1S/C72H40BN3/c1-3-15-41(16-4-1)45-31-32-59-55(35-45)56-36-47(42-17-5-2-6-18-42)38-57-71(56)75(59)63-39-48(74-61-33-29-43-19-7-9-22-49(43)66(61)67-50-23-10-8-20-44(50)30-34-62(67)74)40-64-70(63)73(57)58-37-46-21-13-26-53-51-24-11-12-25-52(51)54-27-14-28-60-68(54)69(65(46)53)72(58)76(60)64/h1-40H. The second-order valence-corrected chi connectivity index (χ2v) is 21.5. The maximum Gasteiger partial charge on any atom is 0.252 e. The van der Waals surface area contributed by atoms with E-state index >= 15 is 0 Å². The van der Waals surface area contributed by atoms with Crippen molar-refractivity contribution in [3.63, 3.8) is 0 Å². The van der Waals surface area contributed by atoms with Gasteiger partial charge in [-0.15, -0.1) is 0 Å². The van der Waals surface area contributed by atoms with Crippen LogP contribution in [-0.4, -0.2) is 20.4 Å². The smallest absolute Gasteiger partial charge is 0.252 e. The topological polar surface area (TPSA) is 14.8 Å². The van der Waals surface area contributed by atoms with Crippen LogP contribution in [0.15, 0.2) is 243 Å². The van der Waals surface area contributed by atoms with Gasteiger partial charge >= 0.3 is 0 Å². The molecule has 2 aliphatic heterocycles. The molecule has 3 aromatic heterocycles. The first-order valence-corrected chi connectivity index (χ1v) is 26.6. The Morgan fingerprint density at radius 3 is 1.49 bits per heavy atom. The Bertz CT molecular complexity index is 5250. The summed E-state index contributed by atoms with van der Waals surface area (Å²) < 4.78 is 7.92. The van der Waals surface area contributed by atoms with Gasteiger partial charge in [0.2, 0.25) is 0 Å². The molecular formula is C72H40BN3. The number of hydrogen-bond acceptors (Lipinski definition) is 0.